The van der Waals surface area contributed by atoms with Crippen LogP contribution >= 0.6 is 0 Å². The lowest BCUT2D eigenvalue weighted by atomic mass is 9.93. The Morgan fingerprint density at radius 1 is 0.408 bits per heavy atom. The molecule has 0 fully saturated rings. The van der Waals surface area contributed by atoms with E-state index in [9.17, 15) is 0 Å². The van der Waals surface area contributed by atoms with E-state index in [1.807, 2.05) is 79.9 Å². The minimum Gasteiger partial charge on any atom is -0.262 e. The third-order valence-electron chi connectivity index (χ3n) is 8.74. The first-order chi connectivity index (χ1) is 24.2. The standard InChI is InChI=1S/C44H31N5/c1-3-46-41-37-23-11-10-22-36(37)39-28-34(24-25-38(39)40(41)45-2)32-19-12-18-31(26-32)33-20-13-21-35(27-33)44-48-42(29-14-6-4-7-15-29)47-43(49-44)30-16-8-5-9-17-30/h3-28H,2H2,1H3/b46-3-. The minimum atomic E-state index is 0.630. The smallest absolute Gasteiger partial charge is 0.164 e. The fraction of sp³-hybridized carbons (Fsp3) is 0.0227. The summed E-state index contributed by atoms with van der Waals surface area (Å²) in [4.78, 5) is 23.8. The highest BCUT2D eigenvalue weighted by Gasteiger charge is 2.15. The summed E-state index contributed by atoms with van der Waals surface area (Å²) in [5.74, 6) is 1.92. The van der Waals surface area contributed by atoms with Crippen LogP contribution in [0.25, 0.3) is 78.0 Å². The van der Waals surface area contributed by atoms with Gasteiger partial charge in [-0.1, -0.05) is 133 Å². The van der Waals surface area contributed by atoms with E-state index >= 15 is 0 Å². The molecule has 0 spiro atoms. The fourth-order valence-electron chi connectivity index (χ4n) is 6.41. The van der Waals surface area contributed by atoms with Gasteiger partial charge in [0.2, 0.25) is 0 Å². The van der Waals surface area contributed by atoms with Gasteiger partial charge in [0, 0.05) is 33.7 Å². The molecule has 0 amide bonds. The molecule has 0 saturated carbocycles. The maximum Gasteiger partial charge on any atom is 0.164 e. The van der Waals surface area contributed by atoms with E-state index in [1.54, 1.807) is 0 Å². The minimum absolute atomic E-state index is 0.630. The van der Waals surface area contributed by atoms with Crippen molar-refractivity contribution in [2.24, 2.45) is 9.98 Å². The summed E-state index contributed by atoms with van der Waals surface area (Å²) in [5.41, 5.74) is 8.88. The monoisotopic (exact) mass is 629 g/mol. The summed E-state index contributed by atoms with van der Waals surface area (Å²) in [6.45, 7) is 5.81. The third-order valence-corrected chi connectivity index (χ3v) is 8.74. The summed E-state index contributed by atoms with van der Waals surface area (Å²) >= 11 is 0. The number of benzene rings is 7. The molecule has 5 heteroatoms. The highest BCUT2D eigenvalue weighted by atomic mass is 15.0. The summed E-state index contributed by atoms with van der Waals surface area (Å²) < 4.78 is 0. The van der Waals surface area contributed by atoms with Crippen LogP contribution in [0.3, 0.4) is 0 Å². The highest BCUT2D eigenvalue weighted by Crippen LogP contribution is 2.44. The average molecular weight is 630 g/mol. The van der Waals surface area contributed by atoms with E-state index in [0.717, 1.165) is 71.9 Å². The lowest BCUT2D eigenvalue weighted by molar-refractivity contribution is 1.07. The molecule has 0 N–H and O–H groups in total. The lowest BCUT2D eigenvalue weighted by Gasteiger charge is -2.14. The van der Waals surface area contributed by atoms with E-state index in [0.29, 0.717) is 17.5 Å². The van der Waals surface area contributed by atoms with Gasteiger partial charge in [-0.3, -0.25) is 9.98 Å². The SMILES string of the molecule is C=Nc1c(/N=C\C)c2ccccc2c2cc(-c3cccc(-c4cccc(-c5nc(-c6ccccc6)nc(-c6ccccc6)n5)c4)c3)ccc12. The molecule has 0 aliphatic heterocycles. The van der Waals surface area contributed by atoms with E-state index in [2.05, 4.69) is 102 Å². The molecule has 7 aromatic carbocycles. The molecule has 0 aliphatic carbocycles. The number of rotatable bonds is 7. The molecular formula is C44H31N5. The quantitative estimate of drug-likeness (QED) is 0.130. The Morgan fingerprint density at radius 3 is 1.43 bits per heavy atom. The molecular weight excluding hydrogens is 599 g/mol. The predicted octanol–water partition coefficient (Wildman–Crippen LogP) is 11.6. The van der Waals surface area contributed by atoms with Crippen molar-refractivity contribution in [3.63, 3.8) is 0 Å². The third kappa shape index (κ3) is 5.68. The van der Waals surface area contributed by atoms with Crippen LogP contribution in [0.5, 0.6) is 0 Å². The first-order valence-corrected chi connectivity index (χ1v) is 16.2. The Bertz CT molecular complexity index is 2460. The number of fused-ring (bicyclic) bond motifs is 3. The second kappa shape index (κ2) is 12.9. The van der Waals surface area contributed by atoms with Crippen LogP contribution in [0.15, 0.2) is 162 Å². The largest absolute Gasteiger partial charge is 0.262 e. The topological polar surface area (TPSA) is 63.4 Å². The molecule has 8 aromatic rings. The van der Waals surface area contributed by atoms with Crippen molar-refractivity contribution < 1.29 is 0 Å². The van der Waals surface area contributed by atoms with E-state index < -0.39 is 0 Å². The van der Waals surface area contributed by atoms with Crippen molar-refractivity contribution in [2.75, 3.05) is 0 Å². The average Bonchev–Trinajstić information content (AvgIpc) is 3.18. The predicted molar refractivity (Wildman–Crippen MR) is 205 cm³/mol. The molecule has 1 heterocycles. The Hall–Kier alpha value is -6.59. The maximum atomic E-state index is 4.94. The molecule has 8 rings (SSSR count). The molecule has 5 nitrogen and oxygen atoms in total. The number of aromatic nitrogens is 3. The molecule has 0 aliphatic rings. The van der Waals surface area contributed by atoms with Crippen molar-refractivity contribution in [2.45, 2.75) is 6.92 Å². The van der Waals surface area contributed by atoms with Crippen molar-refractivity contribution >= 4 is 45.9 Å². The first kappa shape index (κ1) is 29.8. The van der Waals surface area contributed by atoms with Crippen LogP contribution in [-0.4, -0.2) is 27.9 Å². The van der Waals surface area contributed by atoms with Crippen LogP contribution < -0.4 is 0 Å². The molecule has 0 saturated heterocycles. The summed E-state index contributed by atoms with van der Waals surface area (Å²) in [6.07, 6.45) is 1.81. The lowest BCUT2D eigenvalue weighted by Crippen LogP contribution is -2.00. The van der Waals surface area contributed by atoms with Gasteiger partial charge >= 0.3 is 0 Å². The van der Waals surface area contributed by atoms with E-state index in [4.69, 9.17) is 15.0 Å². The van der Waals surface area contributed by atoms with Gasteiger partial charge < -0.3 is 0 Å². The molecule has 232 valence electrons. The van der Waals surface area contributed by atoms with Crippen LogP contribution in [0.2, 0.25) is 0 Å². The zero-order chi connectivity index (χ0) is 33.2. The van der Waals surface area contributed by atoms with Crippen molar-refractivity contribution in [3.05, 3.63) is 152 Å². The van der Waals surface area contributed by atoms with Crippen molar-refractivity contribution in [1.82, 2.24) is 15.0 Å². The molecule has 0 atom stereocenters. The molecule has 0 unspecified atom stereocenters. The zero-order valence-electron chi connectivity index (χ0n) is 27.0. The van der Waals surface area contributed by atoms with Crippen LogP contribution in [0.4, 0.5) is 11.4 Å². The van der Waals surface area contributed by atoms with Crippen molar-refractivity contribution in [3.8, 4) is 56.4 Å². The van der Waals surface area contributed by atoms with E-state index in [-0.39, 0.29) is 0 Å². The number of hydrogen-bond donors (Lipinski definition) is 0. The Balaban J connectivity index is 1.22. The van der Waals surface area contributed by atoms with Gasteiger partial charge in [-0.05, 0) is 64.9 Å². The Morgan fingerprint density at radius 2 is 0.857 bits per heavy atom. The molecule has 0 radical (unpaired) electrons. The fourth-order valence-corrected chi connectivity index (χ4v) is 6.41. The highest BCUT2D eigenvalue weighted by molar-refractivity contribution is 6.20. The summed E-state index contributed by atoms with van der Waals surface area (Å²) in [6, 6.07) is 52.1. The van der Waals surface area contributed by atoms with Gasteiger partial charge in [0.25, 0.3) is 0 Å². The number of nitrogens with zero attached hydrogens (tertiary/aromatic N) is 5. The van der Waals surface area contributed by atoms with Gasteiger partial charge in [-0.2, -0.15) is 0 Å². The van der Waals surface area contributed by atoms with Gasteiger partial charge in [0.15, 0.2) is 17.5 Å². The van der Waals surface area contributed by atoms with Crippen LogP contribution in [-0.2, 0) is 0 Å². The first-order valence-electron chi connectivity index (χ1n) is 16.2. The molecule has 49 heavy (non-hydrogen) atoms. The van der Waals surface area contributed by atoms with Gasteiger partial charge in [0.1, 0.15) is 0 Å². The summed E-state index contributed by atoms with van der Waals surface area (Å²) in [5, 5.41) is 4.35. The maximum absolute atomic E-state index is 4.94. The Labute approximate surface area is 285 Å². The zero-order valence-corrected chi connectivity index (χ0v) is 27.0. The van der Waals surface area contributed by atoms with Gasteiger partial charge in [0.05, 0.1) is 11.4 Å². The van der Waals surface area contributed by atoms with Crippen LogP contribution in [0, 0.1) is 0 Å². The normalized spacial score (nSPS) is 11.4. The van der Waals surface area contributed by atoms with Gasteiger partial charge in [-0.15, -0.1) is 0 Å². The van der Waals surface area contributed by atoms with Crippen molar-refractivity contribution in [1.29, 1.82) is 0 Å². The molecule has 1 aromatic heterocycles. The van der Waals surface area contributed by atoms with E-state index in [1.165, 1.54) is 0 Å². The second-order valence-electron chi connectivity index (χ2n) is 11.7. The Kier molecular flexibility index (Phi) is 7.84. The number of hydrogen-bond acceptors (Lipinski definition) is 5. The summed E-state index contributed by atoms with van der Waals surface area (Å²) in [7, 11) is 0. The van der Waals surface area contributed by atoms with Gasteiger partial charge in [-0.25, -0.2) is 15.0 Å². The molecule has 0 bridgehead atoms. The number of aliphatic imine (C=N–C) groups is 2. The van der Waals surface area contributed by atoms with Crippen LogP contribution in [0.1, 0.15) is 6.92 Å². The second-order valence-corrected chi connectivity index (χ2v) is 11.7.